The molecule has 0 aromatic rings. The molecule has 0 aliphatic carbocycles. The number of carboxylic acid groups (broad SMARTS) is 1. The van der Waals surface area contributed by atoms with E-state index < -0.39 is 30.4 Å². The zero-order valence-electron chi connectivity index (χ0n) is 15.7. The maximum atomic E-state index is 10.4. The van der Waals surface area contributed by atoms with Crippen LogP contribution in [0.4, 0.5) is 0 Å². The Balaban J connectivity index is 2.29. The highest BCUT2D eigenvalue weighted by atomic mass is 16.5. The average molecular weight is 370 g/mol. The zero-order chi connectivity index (χ0) is 19.4. The molecule has 0 spiro atoms. The first kappa shape index (κ1) is 22.8. The van der Waals surface area contributed by atoms with Crippen LogP contribution >= 0.6 is 0 Å². The van der Waals surface area contributed by atoms with Crippen LogP contribution in [-0.4, -0.2) is 56.9 Å². The van der Waals surface area contributed by atoms with Crippen molar-refractivity contribution in [3.8, 4) is 0 Å². The van der Waals surface area contributed by atoms with Crippen LogP contribution in [0.25, 0.3) is 0 Å². The van der Waals surface area contributed by atoms with Crippen molar-refractivity contribution >= 4 is 5.97 Å². The molecule has 150 valence electrons. The van der Waals surface area contributed by atoms with E-state index in [1.807, 2.05) is 12.2 Å². The molecule has 1 heterocycles. The van der Waals surface area contributed by atoms with Gasteiger partial charge in [0, 0.05) is 12.8 Å². The Morgan fingerprint density at radius 2 is 2.00 bits per heavy atom. The summed E-state index contributed by atoms with van der Waals surface area (Å²) in [5.41, 5.74) is 0. The Bertz CT molecular complexity index is 448. The molecule has 0 radical (unpaired) electrons. The molecule has 6 nitrogen and oxygen atoms in total. The summed E-state index contributed by atoms with van der Waals surface area (Å²) >= 11 is 0. The quantitative estimate of drug-likeness (QED) is 0.293. The minimum absolute atomic E-state index is 0.148. The van der Waals surface area contributed by atoms with E-state index in [-0.39, 0.29) is 12.5 Å². The number of allylic oxidation sites excluding steroid dienone is 1. The molecular weight excluding hydrogens is 336 g/mol. The van der Waals surface area contributed by atoms with Gasteiger partial charge in [0.15, 0.2) is 0 Å². The third-order valence-electron chi connectivity index (χ3n) is 4.55. The number of rotatable bonds is 13. The van der Waals surface area contributed by atoms with Crippen molar-refractivity contribution < 1.29 is 30.0 Å². The summed E-state index contributed by atoms with van der Waals surface area (Å²) in [6.45, 7) is 2.11. The predicted octanol–water partition coefficient (Wildman–Crippen LogP) is 2.56. The van der Waals surface area contributed by atoms with E-state index in [0.717, 1.165) is 19.3 Å². The molecule has 1 aliphatic heterocycles. The van der Waals surface area contributed by atoms with Crippen molar-refractivity contribution in [3.63, 3.8) is 0 Å². The average Bonchev–Trinajstić information content (AvgIpc) is 2.97. The lowest BCUT2D eigenvalue weighted by Gasteiger charge is -2.18. The monoisotopic (exact) mass is 370 g/mol. The third kappa shape index (κ3) is 9.48. The van der Waals surface area contributed by atoms with Gasteiger partial charge >= 0.3 is 5.97 Å². The molecule has 0 aromatic heterocycles. The first-order chi connectivity index (χ1) is 12.4. The van der Waals surface area contributed by atoms with Gasteiger partial charge in [-0.3, -0.25) is 4.79 Å². The number of hydrogen-bond donors (Lipinski definition) is 4. The molecule has 0 saturated carbocycles. The second kappa shape index (κ2) is 13.0. The van der Waals surface area contributed by atoms with Gasteiger partial charge in [0.05, 0.1) is 24.4 Å². The molecule has 1 aliphatic rings. The molecule has 1 fully saturated rings. The van der Waals surface area contributed by atoms with Gasteiger partial charge in [0.1, 0.15) is 6.10 Å². The van der Waals surface area contributed by atoms with E-state index in [4.69, 9.17) is 9.84 Å². The first-order valence-corrected chi connectivity index (χ1v) is 9.68. The van der Waals surface area contributed by atoms with Gasteiger partial charge in [-0.25, -0.2) is 0 Å². The van der Waals surface area contributed by atoms with E-state index in [1.54, 1.807) is 12.2 Å². The van der Waals surface area contributed by atoms with Crippen LogP contribution in [0.3, 0.4) is 0 Å². The number of aliphatic carboxylic acids is 1. The summed E-state index contributed by atoms with van der Waals surface area (Å²) in [6, 6.07) is 0. The fourth-order valence-electron chi connectivity index (χ4n) is 2.97. The highest BCUT2D eigenvalue weighted by Gasteiger charge is 2.36. The minimum atomic E-state index is -0.801. The molecular formula is C20H34O6. The largest absolute Gasteiger partial charge is 0.481 e. The third-order valence-corrected chi connectivity index (χ3v) is 4.55. The maximum Gasteiger partial charge on any atom is 0.303 e. The van der Waals surface area contributed by atoms with Crippen molar-refractivity contribution in [1.82, 2.24) is 0 Å². The Morgan fingerprint density at radius 3 is 2.69 bits per heavy atom. The normalized spacial score (nSPS) is 25.9. The smallest absolute Gasteiger partial charge is 0.303 e. The number of carbonyl (C=O) groups is 1. The molecule has 4 N–H and O–H groups in total. The molecule has 6 heteroatoms. The van der Waals surface area contributed by atoms with Crippen molar-refractivity contribution in [2.45, 2.75) is 95.2 Å². The van der Waals surface area contributed by atoms with Crippen LogP contribution in [0.2, 0.25) is 0 Å². The van der Waals surface area contributed by atoms with E-state index in [1.165, 1.54) is 0 Å². The van der Waals surface area contributed by atoms with Crippen molar-refractivity contribution in [1.29, 1.82) is 0 Å². The van der Waals surface area contributed by atoms with Gasteiger partial charge in [-0.05, 0) is 25.7 Å². The number of aliphatic hydroxyl groups excluding tert-OH is 3. The van der Waals surface area contributed by atoms with Gasteiger partial charge in [-0.15, -0.1) is 0 Å². The van der Waals surface area contributed by atoms with Gasteiger partial charge < -0.3 is 25.2 Å². The second-order valence-corrected chi connectivity index (χ2v) is 6.95. The Kier molecular flexibility index (Phi) is 11.4. The number of unbranched alkanes of at least 4 members (excludes halogenated alkanes) is 3. The Morgan fingerprint density at radius 1 is 1.23 bits per heavy atom. The zero-order valence-corrected chi connectivity index (χ0v) is 15.7. The lowest BCUT2D eigenvalue weighted by atomic mass is 10.0. The lowest BCUT2D eigenvalue weighted by molar-refractivity contribution is -0.137. The highest BCUT2D eigenvalue weighted by Crippen LogP contribution is 2.26. The van der Waals surface area contributed by atoms with Crippen LogP contribution in [0.5, 0.6) is 0 Å². The van der Waals surface area contributed by atoms with Gasteiger partial charge in [0.25, 0.3) is 0 Å². The first-order valence-electron chi connectivity index (χ1n) is 9.68. The summed E-state index contributed by atoms with van der Waals surface area (Å²) in [5, 5.41) is 38.7. The molecule has 0 bridgehead atoms. The van der Waals surface area contributed by atoms with Gasteiger partial charge in [0.2, 0.25) is 0 Å². The maximum absolute atomic E-state index is 10.4. The van der Waals surface area contributed by atoms with Crippen molar-refractivity contribution in [3.05, 3.63) is 24.3 Å². The van der Waals surface area contributed by atoms with Crippen molar-refractivity contribution in [2.24, 2.45) is 0 Å². The van der Waals surface area contributed by atoms with Crippen molar-refractivity contribution in [2.75, 3.05) is 0 Å². The Hall–Kier alpha value is -1.21. The summed E-state index contributed by atoms with van der Waals surface area (Å²) < 4.78 is 5.73. The molecule has 26 heavy (non-hydrogen) atoms. The van der Waals surface area contributed by atoms with Crippen LogP contribution in [0.1, 0.15) is 64.7 Å². The summed E-state index contributed by atoms with van der Waals surface area (Å²) in [7, 11) is 0. The number of ether oxygens (including phenoxy) is 1. The topological polar surface area (TPSA) is 107 Å². The van der Waals surface area contributed by atoms with Gasteiger partial charge in [-0.2, -0.15) is 0 Å². The molecule has 1 saturated heterocycles. The summed E-state index contributed by atoms with van der Waals surface area (Å²) in [6.07, 6.45) is 10.2. The van der Waals surface area contributed by atoms with Crippen LogP contribution in [0, 0.1) is 0 Å². The summed E-state index contributed by atoms with van der Waals surface area (Å²) in [4.78, 5) is 10.4. The number of aliphatic hydroxyl groups is 3. The van der Waals surface area contributed by atoms with Crippen LogP contribution < -0.4 is 0 Å². The standard InChI is InChI=1S/C20H34O6/c1-2-3-6-10-16(22)19-14-17(23)18(26-19)13-12-15(21)9-7-4-5-8-11-20(24)25/h4,7,12-13,15-19,21-23H,2-3,5-6,8-11,14H2,1H3,(H,24,25)/b7-4-,13-12+/t15-,16-,17+,18+,19+/m1/s1. The molecule has 0 aromatic carbocycles. The number of hydrogen-bond acceptors (Lipinski definition) is 5. The fourth-order valence-corrected chi connectivity index (χ4v) is 2.97. The fraction of sp³-hybridized carbons (Fsp3) is 0.750. The molecule has 0 unspecified atom stereocenters. The second-order valence-electron chi connectivity index (χ2n) is 6.95. The van der Waals surface area contributed by atoms with E-state index in [0.29, 0.717) is 32.1 Å². The van der Waals surface area contributed by atoms with Crippen LogP contribution in [-0.2, 0) is 9.53 Å². The highest BCUT2D eigenvalue weighted by molar-refractivity contribution is 5.66. The van der Waals surface area contributed by atoms with Gasteiger partial charge in [-0.1, -0.05) is 50.5 Å². The van der Waals surface area contributed by atoms with E-state index >= 15 is 0 Å². The van der Waals surface area contributed by atoms with Crippen LogP contribution in [0.15, 0.2) is 24.3 Å². The number of carboxylic acids is 1. The minimum Gasteiger partial charge on any atom is -0.481 e. The molecule has 5 atom stereocenters. The van der Waals surface area contributed by atoms with E-state index in [2.05, 4.69) is 6.92 Å². The predicted molar refractivity (Wildman–Crippen MR) is 99.8 cm³/mol. The Labute approximate surface area is 156 Å². The van der Waals surface area contributed by atoms with E-state index in [9.17, 15) is 20.1 Å². The molecule has 0 amide bonds. The SMILES string of the molecule is CCCCC[C@@H](O)[C@@H]1C[C@H](O)[C@H](/C=C/[C@H](O)C/C=C\CCCC(=O)O)O1. The lowest BCUT2D eigenvalue weighted by Crippen LogP contribution is -2.26. The summed E-state index contributed by atoms with van der Waals surface area (Å²) in [5.74, 6) is -0.801. The molecule has 1 rings (SSSR count).